The number of hydrogen-bond acceptors (Lipinski definition) is 6. The van der Waals surface area contributed by atoms with E-state index in [9.17, 15) is 27.2 Å². The Morgan fingerprint density at radius 3 is 2.02 bits per heavy atom. The fraction of sp³-hybridized carbons (Fsp3) is 0.404. The number of carbonyl (C=O) groups excluding carboxylic acids is 2. The van der Waals surface area contributed by atoms with E-state index >= 15 is 0 Å². The Hall–Kier alpha value is -5.55. The molecule has 0 saturated carbocycles. The predicted molar refractivity (Wildman–Crippen MR) is 244 cm³/mol. The Kier molecular flexibility index (Phi) is 16.2. The number of oxime groups is 1. The van der Waals surface area contributed by atoms with Crippen LogP contribution in [0.2, 0.25) is 0 Å². The third kappa shape index (κ3) is 11.3. The molecule has 0 radical (unpaired) electrons. The number of unbranched alkanes of at least 4 members (excludes halogenated alkanes) is 9. The van der Waals surface area contributed by atoms with Crippen molar-refractivity contribution in [2.24, 2.45) is 5.16 Å². The molecule has 0 saturated heterocycles. The first kappa shape index (κ1) is 46.9. The summed E-state index contributed by atoms with van der Waals surface area (Å²) in [6.45, 7) is 9.32. The average molecular weight is 867 g/mol. The van der Waals surface area contributed by atoms with Crippen molar-refractivity contribution in [3.63, 3.8) is 0 Å². The SMILES string of the molecule is CCCCCCCCCCCCOCCn1c2ccc(C(=NOC(C)=O)c3ccccc3OCC(F)(F)C(F)F)cc2c2cc(C(=O)c3c(C)cc(C)cc3C)c3ccccc3c21. The summed E-state index contributed by atoms with van der Waals surface area (Å²) in [6.07, 6.45) is 8.42. The number of fused-ring (bicyclic) bond motifs is 5. The van der Waals surface area contributed by atoms with Crippen molar-refractivity contribution in [2.75, 3.05) is 19.8 Å². The van der Waals surface area contributed by atoms with E-state index in [1.54, 1.807) is 12.1 Å². The lowest BCUT2D eigenvalue weighted by Crippen LogP contribution is -2.34. The van der Waals surface area contributed by atoms with Crippen molar-refractivity contribution in [1.29, 1.82) is 0 Å². The lowest BCUT2D eigenvalue weighted by molar-refractivity contribution is -0.148. The summed E-state index contributed by atoms with van der Waals surface area (Å²) in [6, 6.07) is 25.3. The van der Waals surface area contributed by atoms with Crippen molar-refractivity contribution >= 4 is 50.0 Å². The minimum absolute atomic E-state index is 0.0479. The Balaban J connectivity index is 1.41. The molecule has 6 rings (SSSR count). The molecule has 0 amide bonds. The van der Waals surface area contributed by atoms with Crippen LogP contribution in [0, 0.1) is 20.8 Å². The molecule has 0 unspecified atom stereocenters. The highest BCUT2D eigenvalue weighted by Crippen LogP contribution is 2.39. The van der Waals surface area contributed by atoms with Crippen LogP contribution in [0.5, 0.6) is 5.75 Å². The molecule has 0 aliphatic carbocycles. The van der Waals surface area contributed by atoms with Crippen molar-refractivity contribution in [3.8, 4) is 5.75 Å². The average Bonchev–Trinajstić information content (AvgIpc) is 3.56. The molecule has 0 atom stereocenters. The molecule has 0 aliphatic heterocycles. The molecule has 0 spiro atoms. The molecule has 6 aromatic rings. The summed E-state index contributed by atoms with van der Waals surface area (Å²) in [5, 5.41) is 7.34. The fourth-order valence-electron chi connectivity index (χ4n) is 8.55. The lowest BCUT2D eigenvalue weighted by atomic mass is 9.89. The van der Waals surface area contributed by atoms with Crippen LogP contribution in [0.4, 0.5) is 17.6 Å². The van der Waals surface area contributed by atoms with Gasteiger partial charge in [-0.05, 0) is 74.0 Å². The van der Waals surface area contributed by atoms with Gasteiger partial charge in [0.1, 0.15) is 11.5 Å². The predicted octanol–water partition coefficient (Wildman–Crippen LogP) is 13.6. The van der Waals surface area contributed by atoms with E-state index in [2.05, 4.69) is 16.6 Å². The Bertz CT molecular complexity index is 2560. The number of alkyl halides is 4. The molecule has 0 aliphatic rings. The number of ketones is 1. The minimum atomic E-state index is -4.41. The molecule has 0 fully saturated rings. The molecule has 1 aromatic heterocycles. The first-order valence-electron chi connectivity index (χ1n) is 22.1. The number of carbonyl (C=O) groups is 2. The number of benzene rings is 5. The molecule has 7 nitrogen and oxygen atoms in total. The number of ether oxygens (including phenoxy) is 2. The second-order valence-corrected chi connectivity index (χ2v) is 16.5. The van der Waals surface area contributed by atoms with Crippen LogP contribution < -0.4 is 4.74 Å². The number of para-hydroxylation sites is 1. The van der Waals surface area contributed by atoms with Crippen LogP contribution in [0.25, 0.3) is 32.6 Å². The second kappa shape index (κ2) is 21.7. The third-order valence-electron chi connectivity index (χ3n) is 11.5. The summed E-state index contributed by atoms with van der Waals surface area (Å²) < 4.78 is 68.1. The maximum atomic E-state index is 14.7. The molecule has 1 heterocycles. The van der Waals surface area contributed by atoms with Gasteiger partial charge in [0.2, 0.25) is 0 Å². The van der Waals surface area contributed by atoms with Crippen molar-refractivity contribution < 1.29 is 41.5 Å². The Labute approximate surface area is 367 Å². The highest BCUT2D eigenvalue weighted by molar-refractivity contribution is 6.27. The summed E-state index contributed by atoms with van der Waals surface area (Å²) in [5.41, 5.74) is 6.32. The van der Waals surface area contributed by atoms with Gasteiger partial charge in [0.05, 0.1) is 12.1 Å². The molecule has 0 N–H and O–H groups in total. The standard InChI is InChI=1S/C52H58F4N2O5/c1-6-7-8-9-10-11-12-13-14-19-27-61-28-26-58-45-25-24-38(48(57-63-37(5)59)41-22-17-18-23-46(41)62-33-52(55,56)51(53)54)31-42(45)43-32-44(39-20-15-16-21-40(39)49(43)58)50(60)47-35(3)29-34(2)30-36(47)4/h15-18,20-25,29-32,51H,6-14,19,26-28,33H2,1-5H3. The van der Waals surface area contributed by atoms with Gasteiger partial charge in [-0.2, -0.15) is 8.78 Å². The maximum absolute atomic E-state index is 14.7. The highest BCUT2D eigenvalue weighted by Gasteiger charge is 2.42. The minimum Gasteiger partial charge on any atom is -0.486 e. The normalized spacial score (nSPS) is 12.3. The molecule has 63 heavy (non-hydrogen) atoms. The number of aryl methyl sites for hydroxylation is 3. The van der Waals surface area contributed by atoms with E-state index in [0.29, 0.717) is 36.4 Å². The molecule has 11 heteroatoms. The zero-order valence-corrected chi connectivity index (χ0v) is 37.0. The lowest BCUT2D eigenvalue weighted by Gasteiger charge is -2.18. The number of rotatable bonds is 23. The van der Waals surface area contributed by atoms with E-state index < -0.39 is 24.9 Å². The molecular formula is C52H58F4N2O5. The van der Waals surface area contributed by atoms with Gasteiger partial charge in [0.25, 0.3) is 0 Å². The van der Waals surface area contributed by atoms with Crippen molar-refractivity contribution in [2.45, 2.75) is 118 Å². The van der Waals surface area contributed by atoms with Gasteiger partial charge in [-0.1, -0.05) is 130 Å². The monoisotopic (exact) mass is 866 g/mol. The van der Waals surface area contributed by atoms with Crippen molar-refractivity contribution in [3.05, 3.63) is 124 Å². The third-order valence-corrected chi connectivity index (χ3v) is 11.5. The van der Waals surface area contributed by atoms with Gasteiger partial charge >= 0.3 is 18.3 Å². The number of hydrogen-bond donors (Lipinski definition) is 0. The second-order valence-electron chi connectivity index (χ2n) is 16.5. The van der Waals surface area contributed by atoms with Crippen LogP contribution in [0.15, 0.2) is 90.1 Å². The number of halogens is 4. The summed E-state index contributed by atoms with van der Waals surface area (Å²) >= 11 is 0. The first-order valence-corrected chi connectivity index (χ1v) is 22.1. The molecular weight excluding hydrogens is 809 g/mol. The van der Waals surface area contributed by atoms with Gasteiger partial charge < -0.3 is 18.9 Å². The van der Waals surface area contributed by atoms with Gasteiger partial charge in [-0.3, -0.25) is 4.79 Å². The highest BCUT2D eigenvalue weighted by atomic mass is 19.3. The van der Waals surface area contributed by atoms with Crippen LogP contribution >= 0.6 is 0 Å². The van der Waals surface area contributed by atoms with Gasteiger partial charge in [-0.25, -0.2) is 13.6 Å². The number of nitrogens with zero attached hydrogens (tertiary/aromatic N) is 2. The maximum Gasteiger partial charge on any atom is 0.340 e. The van der Waals surface area contributed by atoms with Gasteiger partial charge in [-0.15, -0.1) is 0 Å². The summed E-state index contributed by atoms with van der Waals surface area (Å²) in [7, 11) is 0. The van der Waals surface area contributed by atoms with Gasteiger partial charge in [0.15, 0.2) is 12.4 Å². The first-order chi connectivity index (χ1) is 30.3. The van der Waals surface area contributed by atoms with Crippen LogP contribution in [0.1, 0.15) is 122 Å². The van der Waals surface area contributed by atoms with E-state index in [0.717, 1.165) is 62.1 Å². The van der Waals surface area contributed by atoms with Gasteiger partial charge in [0, 0.05) is 64.0 Å². The Morgan fingerprint density at radius 1 is 0.714 bits per heavy atom. The largest absolute Gasteiger partial charge is 0.486 e. The topological polar surface area (TPSA) is 79.1 Å². The number of aromatic nitrogens is 1. The molecule has 0 bridgehead atoms. The van der Waals surface area contributed by atoms with Crippen molar-refractivity contribution in [1.82, 2.24) is 4.57 Å². The zero-order valence-electron chi connectivity index (χ0n) is 37.0. The summed E-state index contributed by atoms with van der Waals surface area (Å²) in [4.78, 5) is 32.0. The molecule has 334 valence electrons. The smallest absolute Gasteiger partial charge is 0.340 e. The fourth-order valence-corrected chi connectivity index (χ4v) is 8.55. The van der Waals surface area contributed by atoms with Crippen LogP contribution in [-0.2, 0) is 20.9 Å². The Morgan fingerprint density at radius 2 is 1.35 bits per heavy atom. The van der Waals surface area contributed by atoms with E-state index in [4.69, 9.17) is 14.3 Å². The van der Waals surface area contributed by atoms with Crippen LogP contribution in [-0.4, -0.2) is 54.2 Å². The molecule has 5 aromatic carbocycles. The van der Waals surface area contributed by atoms with Crippen LogP contribution in [0.3, 0.4) is 0 Å². The quantitative estimate of drug-likeness (QED) is 0.0160. The van der Waals surface area contributed by atoms with E-state index in [1.807, 2.05) is 75.4 Å². The summed E-state index contributed by atoms with van der Waals surface area (Å²) in [5.74, 6) is -5.41. The van der Waals surface area contributed by atoms with E-state index in [-0.39, 0.29) is 22.8 Å². The zero-order chi connectivity index (χ0) is 45.1. The van der Waals surface area contributed by atoms with E-state index in [1.165, 1.54) is 76.5 Å².